The van der Waals surface area contributed by atoms with Crippen molar-refractivity contribution in [1.82, 2.24) is 10.3 Å². The van der Waals surface area contributed by atoms with E-state index in [1.807, 2.05) is 26.0 Å². The van der Waals surface area contributed by atoms with Crippen LogP contribution in [0.3, 0.4) is 0 Å². The highest BCUT2D eigenvalue weighted by Crippen LogP contribution is 2.25. The van der Waals surface area contributed by atoms with Gasteiger partial charge in [0.2, 0.25) is 15.9 Å². The van der Waals surface area contributed by atoms with E-state index in [1.54, 1.807) is 6.07 Å². The minimum atomic E-state index is -3.31. The Balaban J connectivity index is 2.24. The molecule has 1 amide bonds. The Hall–Kier alpha value is -2.02. The summed E-state index contributed by atoms with van der Waals surface area (Å²) >= 11 is 0. The minimum absolute atomic E-state index is 0.0903. The number of H-pyrrole nitrogens is 1. The van der Waals surface area contributed by atoms with Crippen LogP contribution >= 0.6 is 0 Å². The Bertz CT molecular complexity index is 809. The average Bonchev–Trinajstić information content (AvgIpc) is 2.79. The van der Waals surface area contributed by atoms with E-state index in [2.05, 4.69) is 15.0 Å². The first-order valence-corrected chi connectivity index (χ1v) is 9.33. The summed E-state index contributed by atoms with van der Waals surface area (Å²) < 4.78 is 26.6. The van der Waals surface area contributed by atoms with Gasteiger partial charge in [-0.25, -0.2) is 8.42 Å². The number of hydrogen-bond donors (Lipinski definition) is 3. The SMILES string of the molecule is CCCCS(=O)(=O)Nc1ccc2[nH]c(CNC(C)=O)c(C)c2c1. The number of amides is 1. The molecule has 6 nitrogen and oxygen atoms in total. The van der Waals surface area contributed by atoms with Crippen molar-refractivity contribution in [3.63, 3.8) is 0 Å². The van der Waals surface area contributed by atoms with Crippen LogP contribution < -0.4 is 10.0 Å². The fraction of sp³-hybridized carbons (Fsp3) is 0.438. The van der Waals surface area contributed by atoms with Crippen LogP contribution in [0.1, 0.15) is 37.9 Å². The molecule has 126 valence electrons. The first-order valence-electron chi connectivity index (χ1n) is 7.68. The molecular weight excluding hydrogens is 314 g/mol. The van der Waals surface area contributed by atoms with E-state index in [9.17, 15) is 13.2 Å². The molecule has 2 rings (SSSR count). The lowest BCUT2D eigenvalue weighted by Gasteiger charge is -2.07. The lowest BCUT2D eigenvalue weighted by atomic mass is 10.1. The van der Waals surface area contributed by atoms with Gasteiger partial charge in [-0.1, -0.05) is 13.3 Å². The van der Waals surface area contributed by atoms with Gasteiger partial charge >= 0.3 is 0 Å². The number of carbonyl (C=O) groups excluding carboxylic acids is 1. The quantitative estimate of drug-likeness (QED) is 0.725. The first-order chi connectivity index (χ1) is 10.8. The maximum atomic E-state index is 12.0. The van der Waals surface area contributed by atoms with E-state index in [-0.39, 0.29) is 11.7 Å². The number of fused-ring (bicyclic) bond motifs is 1. The van der Waals surface area contributed by atoms with Gasteiger partial charge in [0.15, 0.2) is 0 Å². The van der Waals surface area contributed by atoms with E-state index in [1.165, 1.54) is 6.92 Å². The zero-order valence-electron chi connectivity index (χ0n) is 13.7. The van der Waals surface area contributed by atoms with Crippen molar-refractivity contribution in [2.24, 2.45) is 0 Å². The third-order valence-electron chi connectivity index (χ3n) is 3.72. The Morgan fingerprint density at radius 2 is 2.04 bits per heavy atom. The zero-order chi connectivity index (χ0) is 17.0. The highest BCUT2D eigenvalue weighted by atomic mass is 32.2. The van der Waals surface area contributed by atoms with Crippen molar-refractivity contribution in [3.8, 4) is 0 Å². The monoisotopic (exact) mass is 337 g/mol. The summed E-state index contributed by atoms with van der Waals surface area (Å²) in [4.78, 5) is 14.3. The van der Waals surface area contributed by atoms with Gasteiger partial charge in [-0.05, 0) is 37.1 Å². The topological polar surface area (TPSA) is 91.1 Å². The maximum Gasteiger partial charge on any atom is 0.232 e. The first kappa shape index (κ1) is 17.3. The Morgan fingerprint density at radius 3 is 2.70 bits per heavy atom. The maximum absolute atomic E-state index is 12.0. The van der Waals surface area contributed by atoms with Gasteiger partial charge in [-0.2, -0.15) is 0 Å². The van der Waals surface area contributed by atoms with Crippen LogP contribution in [0.25, 0.3) is 10.9 Å². The molecule has 0 saturated heterocycles. The van der Waals surface area contributed by atoms with Crippen molar-refractivity contribution in [2.45, 2.75) is 40.2 Å². The largest absolute Gasteiger partial charge is 0.357 e. The summed E-state index contributed by atoms with van der Waals surface area (Å²) in [5, 5.41) is 3.70. The van der Waals surface area contributed by atoms with Gasteiger partial charge in [-0.3, -0.25) is 9.52 Å². The van der Waals surface area contributed by atoms with Gasteiger partial charge in [0, 0.05) is 29.2 Å². The fourth-order valence-corrected chi connectivity index (χ4v) is 3.66. The number of aryl methyl sites for hydroxylation is 1. The highest BCUT2D eigenvalue weighted by Gasteiger charge is 2.12. The summed E-state index contributed by atoms with van der Waals surface area (Å²) in [6.07, 6.45) is 1.48. The Morgan fingerprint density at radius 1 is 1.30 bits per heavy atom. The third-order valence-corrected chi connectivity index (χ3v) is 5.09. The summed E-state index contributed by atoms with van der Waals surface area (Å²) in [6, 6.07) is 5.41. The van der Waals surface area contributed by atoms with Crippen LogP contribution in [0.5, 0.6) is 0 Å². The minimum Gasteiger partial charge on any atom is -0.357 e. The second-order valence-corrected chi connectivity index (χ2v) is 7.52. The molecule has 0 atom stereocenters. The number of aromatic amines is 1. The molecular formula is C16H23N3O3S. The molecule has 0 fully saturated rings. The standard InChI is InChI=1S/C16H23N3O3S/c1-4-5-8-23(21,22)19-13-6-7-15-14(9-13)11(2)16(18-15)10-17-12(3)20/h6-7,9,18-19H,4-5,8,10H2,1-3H3,(H,17,20). The summed E-state index contributed by atoms with van der Waals surface area (Å²) in [5.41, 5.74) is 3.39. The van der Waals surface area contributed by atoms with Crippen molar-refractivity contribution >= 4 is 32.5 Å². The van der Waals surface area contributed by atoms with Crippen LogP contribution in [-0.4, -0.2) is 25.1 Å². The molecule has 0 aliphatic carbocycles. The van der Waals surface area contributed by atoms with Crippen molar-refractivity contribution < 1.29 is 13.2 Å². The lowest BCUT2D eigenvalue weighted by Crippen LogP contribution is -2.19. The summed E-state index contributed by atoms with van der Waals surface area (Å²) in [5.74, 6) is 0.0361. The van der Waals surface area contributed by atoms with Crippen molar-refractivity contribution in [1.29, 1.82) is 0 Å². The predicted octanol–water partition coefficient (Wildman–Crippen LogP) is 2.65. The molecule has 0 unspecified atom stereocenters. The molecule has 7 heteroatoms. The van der Waals surface area contributed by atoms with E-state index < -0.39 is 10.0 Å². The van der Waals surface area contributed by atoms with E-state index in [0.29, 0.717) is 18.7 Å². The molecule has 0 saturated carbocycles. The molecule has 0 aliphatic heterocycles. The number of benzene rings is 1. The number of anilines is 1. The van der Waals surface area contributed by atoms with E-state index in [0.717, 1.165) is 28.6 Å². The van der Waals surface area contributed by atoms with Gasteiger partial charge in [0.05, 0.1) is 12.3 Å². The van der Waals surface area contributed by atoms with Crippen LogP contribution in [0.2, 0.25) is 0 Å². The second kappa shape index (κ2) is 7.04. The van der Waals surface area contributed by atoms with Crippen LogP contribution in [0.15, 0.2) is 18.2 Å². The van der Waals surface area contributed by atoms with E-state index >= 15 is 0 Å². The van der Waals surface area contributed by atoms with Crippen LogP contribution in [-0.2, 0) is 21.4 Å². The molecule has 1 heterocycles. The number of hydrogen-bond acceptors (Lipinski definition) is 3. The molecule has 0 spiro atoms. The highest BCUT2D eigenvalue weighted by molar-refractivity contribution is 7.92. The third kappa shape index (κ3) is 4.48. The van der Waals surface area contributed by atoms with Gasteiger partial charge < -0.3 is 10.3 Å². The second-order valence-electron chi connectivity index (χ2n) is 5.67. The number of sulfonamides is 1. The lowest BCUT2D eigenvalue weighted by molar-refractivity contribution is -0.119. The molecule has 3 N–H and O–H groups in total. The van der Waals surface area contributed by atoms with Gasteiger partial charge in [-0.15, -0.1) is 0 Å². The Kier molecular flexibility index (Phi) is 5.30. The number of carbonyl (C=O) groups is 1. The molecule has 0 bridgehead atoms. The Labute approximate surface area is 136 Å². The number of aromatic nitrogens is 1. The fourth-order valence-electron chi connectivity index (χ4n) is 2.40. The normalized spacial score (nSPS) is 11.6. The average molecular weight is 337 g/mol. The predicted molar refractivity (Wildman–Crippen MR) is 92.9 cm³/mol. The van der Waals surface area contributed by atoms with Gasteiger partial charge in [0.25, 0.3) is 0 Å². The van der Waals surface area contributed by atoms with E-state index in [4.69, 9.17) is 0 Å². The number of rotatable bonds is 7. The smallest absolute Gasteiger partial charge is 0.232 e. The van der Waals surface area contributed by atoms with Crippen LogP contribution in [0, 0.1) is 6.92 Å². The van der Waals surface area contributed by atoms with Gasteiger partial charge in [0.1, 0.15) is 0 Å². The zero-order valence-corrected chi connectivity index (χ0v) is 14.5. The van der Waals surface area contributed by atoms with Crippen molar-refractivity contribution in [2.75, 3.05) is 10.5 Å². The van der Waals surface area contributed by atoms with Crippen LogP contribution in [0.4, 0.5) is 5.69 Å². The summed E-state index contributed by atoms with van der Waals surface area (Å²) in [7, 11) is -3.31. The number of unbranched alkanes of at least 4 members (excludes halogenated alkanes) is 1. The number of nitrogens with one attached hydrogen (secondary N) is 3. The molecule has 0 aliphatic rings. The molecule has 2 aromatic rings. The summed E-state index contributed by atoms with van der Waals surface area (Å²) in [6.45, 7) is 5.81. The molecule has 0 radical (unpaired) electrons. The van der Waals surface area contributed by atoms with Crippen molar-refractivity contribution in [3.05, 3.63) is 29.5 Å². The molecule has 23 heavy (non-hydrogen) atoms. The molecule has 1 aromatic heterocycles. The molecule has 1 aromatic carbocycles.